The number of aromatic nitrogens is 3. The smallest absolute Gasteiger partial charge is 0.163 e. The zero-order valence-corrected chi connectivity index (χ0v) is 12.1. The van der Waals surface area contributed by atoms with Gasteiger partial charge in [-0.25, -0.2) is 9.97 Å². The standard InChI is InChI=1S/C16H18N4O/c1-2-13-10-15(20-8-5-14(21)6-9-20)19-16(18-13)12-4-3-7-17-11-12/h3-4,7,10-11H,2,5-6,8-9H2,1H3. The molecule has 1 fully saturated rings. The van der Waals surface area contributed by atoms with Gasteiger partial charge >= 0.3 is 0 Å². The third kappa shape index (κ3) is 3.07. The minimum absolute atomic E-state index is 0.337. The summed E-state index contributed by atoms with van der Waals surface area (Å²) < 4.78 is 0. The number of pyridine rings is 1. The molecule has 0 saturated carbocycles. The molecule has 0 radical (unpaired) electrons. The largest absolute Gasteiger partial charge is 0.356 e. The molecule has 0 aliphatic carbocycles. The van der Waals surface area contributed by atoms with Gasteiger partial charge in [-0.2, -0.15) is 0 Å². The molecule has 3 heterocycles. The van der Waals surface area contributed by atoms with E-state index in [2.05, 4.69) is 26.8 Å². The Labute approximate surface area is 124 Å². The summed E-state index contributed by atoms with van der Waals surface area (Å²) in [4.78, 5) is 26.9. The summed E-state index contributed by atoms with van der Waals surface area (Å²) in [6.45, 7) is 3.57. The van der Waals surface area contributed by atoms with Gasteiger partial charge in [-0.15, -0.1) is 0 Å². The highest BCUT2D eigenvalue weighted by Gasteiger charge is 2.19. The van der Waals surface area contributed by atoms with E-state index in [4.69, 9.17) is 0 Å². The summed E-state index contributed by atoms with van der Waals surface area (Å²) in [5.41, 5.74) is 1.93. The number of carbonyl (C=O) groups excluding carboxylic acids is 1. The second kappa shape index (κ2) is 5.99. The van der Waals surface area contributed by atoms with Crippen molar-refractivity contribution < 1.29 is 4.79 Å². The third-order valence-corrected chi connectivity index (χ3v) is 3.69. The minimum Gasteiger partial charge on any atom is -0.356 e. The number of nitrogens with zero attached hydrogens (tertiary/aromatic N) is 4. The Morgan fingerprint density at radius 2 is 2.05 bits per heavy atom. The van der Waals surface area contributed by atoms with Gasteiger partial charge in [0.05, 0.1) is 0 Å². The van der Waals surface area contributed by atoms with Crippen molar-refractivity contribution in [1.29, 1.82) is 0 Å². The van der Waals surface area contributed by atoms with Crippen LogP contribution in [-0.2, 0) is 11.2 Å². The quantitative estimate of drug-likeness (QED) is 0.864. The number of hydrogen-bond donors (Lipinski definition) is 0. The van der Waals surface area contributed by atoms with Gasteiger partial charge in [-0.1, -0.05) is 6.92 Å². The highest BCUT2D eigenvalue weighted by atomic mass is 16.1. The zero-order chi connectivity index (χ0) is 14.7. The zero-order valence-electron chi connectivity index (χ0n) is 12.1. The summed E-state index contributed by atoms with van der Waals surface area (Å²) in [6.07, 6.45) is 5.58. The lowest BCUT2D eigenvalue weighted by molar-refractivity contribution is -0.119. The van der Waals surface area contributed by atoms with E-state index < -0.39 is 0 Å². The Morgan fingerprint density at radius 1 is 1.24 bits per heavy atom. The molecule has 1 aliphatic rings. The molecule has 0 amide bonds. The van der Waals surface area contributed by atoms with Crippen molar-refractivity contribution in [2.24, 2.45) is 0 Å². The van der Waals surface area contributed by atoms with Crippen LogP contribution < -0.4 is 4.90 Å². The number of carbonyl (C=O) groups is 1. The van der Waals surface area contributed by atoms with Gasteiger partial charge in [0.2, 0.25) is 0 Å². The normalized spacial score (nSPS) is 15.3. The van der Waals surface area contributed by atoms with Crippen LogP contribution in [-0.4, -0.2) is 33.8 Å². The number of rotatable bonds is 3. The molecule has 108 valence electrons. The lowest BCUT2D eigenvalue weighted by Gasteiger charge is -2.27. The van der Waals surface area contributed by atoms with E-state index in [9.17, 15) is 4.79 Å². The maximum absolute atomic E-state index is 11.4. The molecule has 0 aromatic carbocycles. The first-order chi connectivity index (χ1) is 10.3. The Bertz CT molecular complexity index is 632. The molecule has 1 saturated heterocycles. The first kappa shape index (κ1) is 13.7. The minimum atomic E-state index is 0.337. The third-order valence-electron chi connectivity index (χ3n) is 3.69. The first-order valence-electron chi connectivity index (χ1n) is 7.31. The second-order valence-electron chi connectivity index (χ2n) is 5.16. The summed E-state index contributed by atoms with van der Waals surface area (Å²) in [6, 6.07) is 5.87. The number of ketones is 1. The summed E-state index contributed by atoms with van der Waals surface area (Å²) in [5, 5.41) is 0. The summed E-state index contributed by atoms with van der Waals surface area (Å²) in [7, 11) is 0. The Kier molecular flexibility index (Phi) is 3.90. The van der Waals surface area contributed by atoms with E-state index >= 15 is 0 Å². The number of Topliss-reactive ketones (excluding diaryl/α,β-unsaturated/α-hetero) is 1. The number of aryl methyl sites for hydroxylation is 1. The number of anilines is 1. The van der Waals surface area contributed by atoms with E-state index in [1.807, 2.05) is 18.2 Å². The predicted molar refractivity (Wildman–Crippen MR) is 81.1 cm³/mol. The van der Waals surface area contributed by atoms with Crippen molar-refractivity contribution in [3.63, 3.8) is 0 Å². The molecule has 2 aromatic rings. The van der Waals surface area contributed by atoms with Crippen LogP contribution in [0.3, 0.4) is 0 Å². The molecule has 0 atom stereocenters. The molecular weight excluding hydrogens is 264 g/mol. The topological polar surface area (TPSA) is 59.0 Å². The van der Waals surface area contributed by atoms with E-state index in [1.165, 1.54) is 0 Å². The highest BCUT2D eigenvalue weighted by Crippen LogP contribution is 2.22. The molecule has 0 spiro atoms. The van der Waals surface area contributed by atoms with Crippen LogP contribution in [0.5, 0.6) is 0 Å². The van der Waals surface area contributed by atoms with Crippen LogP contribution in [0.25, 0.3) is 11.4 Å². The van der Waals surface area contributed by atoms with Crippen molar-refractivity contribution in [2.45, 2.75) is 26.2 Å². The van der Waals surface area contributed by atoms with Gasteiger partial charge in [0.25, 0.3) is 0 Å². The van der Waals surface area contributed by atoms with Crippen LogP contribution in [0, 0.1) is 0 Å². The molecule has 5 nitrogen and oxygen atoms in total. The molecule has 0 unspecified atom stereocenters. The fraction of sp³-hybridized carbons (Fsp3) is 0.375. The van der Waals surface area contributed by atoms with E-state index in [1.54, 1.807) is 12.4 Å². The van der Waals surface area contributed by atoms with Crippen molar-refractivity contribution in [1.82, 2.24) is 15.0 Å². The number of piperidine rings is 1. The van der Waals surface area contributed by atoms with Crippen LogP contribution >= 0.6 is 0 Å². The van der Waals surface area contributed by atoms with Gasteiger partial charge in [-0.05, 0) is 18.6 Å². The fourth-order valence-corrected chi connectivity index (χ4v) is 2.44. The lowest BCUT2D eigenvalue weighted by Crippen LogP contribution is -2.34. The monoisotopic (exact) mass is 282 g/mol. The van der Waals surface area contributed by atoms with Crippen molar-refractivity contribution in [3.05, 3.63) is 36.3 Å². The van der Waals surface area contributed by atoms with Crippen LogP contribution in [0.2, 0.25) is 0 Å². The van der Waals surface area contributed by atoms with Gasteiger partial charge < -0.3 is 4.90 Å². The molecule has 5 heteroatoms. The average Bonchev–Trinajstić information content (AvgIpc) is 2.56. The Balaban J connectivity index is 1.95. The average molecular weight is 282 g/mol. The SMILES string of the molecule is CCc1cc(N2CCC(=O)CC2)nc(-c2cccnc2)n1. The van der Waals surface area contributed by atoms with Crippen molar-refractivity contribution >= 4 is 11.6 Å². The maximum atomic E-state index is 11.4. The molecule has 0 bridgehead atoms. The van der Waals surface area contributed by atoms with Crippen molar-refractivity contribution in [3.8, 4) is 11.4 Å². The van der Waals surface area contributed by atoms with Crippen LogP contribution in [0.4, 0.5) is 5.82 Å². The van der Waals surface area contributed by atoms with E-state index in [0.717, 1.165) is 36.6 Å². The highest BCUT2D eigenvalue weighted by molar-refractivity contribution is 5.80. The molecular formula is C16H18N4O. The molecule has 3 rings (SSSR count). The van der Waals surface area contributed by atoms with Gasteiger partial charge in [0.15, 0.2) is 5.82 Å². The van der Waals surface area contributed by atoms with Crippen LogP contribution in [0.15, 0.2) is 30.6 Å². The summed E-state index contributed by atoms with van der Waals surface area (Å²) in [5.74, 6) is 1.95. The molecule has 2 aromatic heterocycles. The van der Waals surface area contributed by atoms with Crippen LogP contribution in [0.1, 0.15) is 25.5 Å². The van der Waals surface area contributed by atoms with Gasteiger partial charge in [0, 0.05) is 55.6 Å². The lowest BCUT2D eigenvalue weighted by atomic mass is 10.1. The van der Waals surface area contributed by atoms with Gasteiger partial charge in [-0.3, -0.25) is 9.78 Å². The fourth-order valence-electron chi connectivity index (χ4n) is 2.44. The molecule has 1 aliphatic heterocycles. The first-order valence-corrected chi connectivity index (χ1v) is 7.31. The Morgan fingerprint density at radius 3 is 2.71 bits per heavy atom. The van der Waals surface area contributed by atoms with E-state index in [-0.39, 0.29) is 0 Å². The number of hydrogen-bond acceptors (Lipinski definition) is 5. The predicted octanol–water partition coefficient (Wildman–Crippen LogP) is 2.27. The van der Waals surface area contributed by atoms with Crippen molar-refractivity contribution in [2.75, 3.05) is 18.0 Å². The van der Waals surface area contributed by atoms with Gasteiger partial charge in [0.1, 0.15) is 11.6 Å². The molecule has 21 heavy (non-hydrogen) atoms. The summed E-state index contributed by atoms with van der Waals surface area (Å²) >= 11 is 0. The van der Waals surface area contributed by atoms with E-state index in [0.29, 0.717) is 24.4 Å². The Hall–Kier alpha value is -2.30. The molecule has 0 N–H and O–H groups in total. The second-order valence-corrected chi connectivity index (χ2v) is 5.16. The maximum Gasteiger partial charge on any atom is 0.163 e.